The average molecular weight is 610 g/mol. The van der Waals surface area contributed by atoms with Gasteiger partial charge in [0.25, 0.3) is 0 Å². The second-order valence-electron chi connectivity index (χ2n) is 8.39. The first-order valence-corrected chi connectivity index (χ1v) is 12.9. The van der Waals surface area contributed by atoms with Crippen LogP contribution in [0.3, 0.4) is 0 Å². The summed E-state index contributed by atoms with van der Waals surface area (Å²) in [6, 6.07) is 19.0. The molecule has 0 radical (unpaired) electrons. The van der Waals surface area contributed by atoms with Gasteiger partial charge in [-0.05, 0) is 86.2 Å². The number of nitrogens with zero attached hydrogens (tertiary/aromatic N) is 6. The Morgan fingerprint density at radius 2 is 1.11 bits per heavy atom. The number of aromatic nitrogens is 6. The lowest BCUT2D eigenvalue weighted by Crippen LogP contribution is -2.02. The molecule has 0 amide bonds. The molecule has 36 heavy (non-hydrogen) atoms. The van der Waals surface area contributed by atoms with Crippen molar-refractivity contribution in [1.29, 1.82) is 0 Å². The molecule has 0 saturated heterocycles. The second-order valence-corrected chi connectivity index (χ2v) is 10.1. The van der Waals surface area contributed by atoms with Gasteiger partial charge in [0, 0.05) is 24.2 Å². The highest BCUT2D eigenvalue weighted by molar-refractivity contribution is 9.10. The lowest BCUT2D eigenvalue weighted by molar-refractivity contribution is 0.471. The third kappa shape index (κ3) is 5.66. The van der Waals surface area contributed by atoms with Gasteiger partial charge in [-0.15, -0.1) is 10.2 Å². The van der Waals surface area contributed by atoms with Crippen LogP contribution >= 0.6 is 31.9 Å². The van der Waals surface area contributed by atoms with Crippen molar-refractivity contribution >= 4 is 31.9 Å². The maximum absolute atomic E-state index is 9.66. The molecule has 0 bridgehead atoms. The summed E-state index contributed by atoms with van der Waals surface area (Å²) in [4.78, 5) is 0. The number of aryl methyl sites for hydroxylation is 4. The van der Waals surface area contributed by atoms with Gasteiger partial charge in [0.05, 0.1) is 21.3 Å². The maximum atomic E-state index is 9.66. The van der Waals surface area contributed by atoms with Crippen LogP contribution in [0.5, 0.6) is 11.5 Å². The number of hydrogen-bond acceptors (Lipinski definition) is 6. The number of halogens is 2. The molecule has 3 aromatic carbocycles. The van der Waals surface area contributed by atoms with Crippen LogP contribution in [-0.4, -0.2) is 40.2 Å². The Kier molecular flexibility index (Phi) is 7.15. The summed E-state index contributed by atoms with van der Waals surface area (Å²) in [5, 5.41) is 36.6. The van der Waals surface area contributed by atoms with Crippen LogP contribution in [0.2, 0.25) is 0 Å². The van der Waals surface area contributed by atoms with Crippen LogP contribution in [0, 0.1) is 0 Å². The standard InChI is InChI=1S/C26H22Br2N6O2/c27-21-12-17(4-6-25(21)35)8-10-33-15-23(29-31-33)19-2-1-3-20(14-19)24-16-34(32-30-24)11-9-18-5-7-26(36)22(28)13-18/h1-7,12-16,35-36H,8-11H2. The van der Waals surface area contributed by atoms with Crippen molar-refractivity contribution in [3.63, 3.8) is 0 Å². The molecule has 2 N–H and O–H groups in total. The van der Waals surface area contributed by atoms with Crippen molar-refractivity contribution in [2.75, 3.05) is 0 Å². The minimum atomic E-state index is 0.229. The molecule has 182 valence electrons. The fourth-order valence-corrected chi connectivity index (χ4v) is 4.67. The highest BCUT2D eigenvalue weighted by Crippen LogP contribution is 2.27. The van der Waals surface area contributed by atoms with E-state index in [9.17, 15) is 10.2 Å². The number of benzene rings is 3. The number of rotatable bonds is 8. The fraction of sp³-hybridized carbons (Fsp3) is 0.154. The van der Waals surface area contributed by atoms with Crippen molar-refractivity contribution < 1.29 is 10.2 Å². The van der Waals surface area contributed by atoms with Crippen LogP contribution in [0.1, 0.15) is 11.1 Å². The third-order valence-electron chi connectivity index (χ3n) is 5.81. The molecule has 2 aromatic heterocycles. The highest BCUT2D eigenvalue weighted by atomic mass is 79.9. The first kappa shape index (κ1) is 24.2. The van der Waals surface area contributed by atoms with E-state index >= 15 is 0 Å². The quantitative estimate of drug-likeness (QED) is 0.237. The summed E-state index contributed by atoms with van der Waals surface area (Å²) in [5.74, 6) is 0.458. The first-order valence-electron chi connectivity index (χ1n) is 11.3. The summed E-state index contributed by atoms with van der Waals surface area (Å²) in [7, 11) is 0. The smallest absolute Gasteiger partial charge is 0.129 e. The van der Waals surface area contributed by atoms with Crippen molar-refractivity contribution in [2.24, 2.45) is 0 Å². The maximum Gasteiger partial charge on any atom is 0.129 e. The predicted molar refractivity (Wildman–Crippen MR) is 143 cm³/mol. The van der Waals surface area contributed by atoms with Gasteiger partial charge in [0.2, 0.25) is 0 Å². The molecule has 10 heteroatoms. The van der Waals surface area contributed by atoms with E-state index in [1.807, 2.05) is 70.3 Å². The van der Waals surface area contributed by atoms with Gasteiger partial charge in [-0.25, -0.2) is 0 Å². The zero-order valence-electron chi connectivity index (χ0n) is 19.1. The van der Waals surface area contributed by atoms with Crippen molar-refractivity contribution in [3.8, 4) is 34.0 Å². The number of phenolic OH excluding ortho intramolecular Hbond substituents is 2. The zero-order valence-corrected chi connectivity index (χ0v) is 22.3. The Morgan fingerprint density at radius 3 is 1.56 bits per heavy atom. The third-order valence-corrected chi connectivity index (χ3v) is 7.09. The highest BCUT2D eigenvalue weighted by Gasteiger charge is 2.10. The SMILES string of the molecule is Oc1ccc(CCn2cc(-c3cccc(-c4cn(CCc5ccc(O)c(Br)c5)nn4)c3)nn2)cc1Br. The van der Waals surface area contributed by atoms with E-state index in [2.05, 4.69) is 52.5 Å². The molecule has 5 aromatic rings. The average Bonchev–Trinajstić information content (AvgIpc) is 3.56. The molecule has 0 unspecified atom stereocenters. The molecule has 0 aliphatic heterocycles. The lowest BCUT2D eigenvalue weighted by atomic mass is 10.1. The summed E-state index contributed by atoms with van der Waals surface area (Å²) >= 11 is 6.71. The lowest BCUT2D eigenvalue weighted by Gasteiger charge is -2.04. The summed E-state index contributed by atoms with van der Waals surface area (Å²) in [5.41, 5.74) is 5.67. The Hall–Kier alpha value is -3.50. The van der Waals surface area contributed by atoms with Crippen LogP contribution in [0.4, 0.5) is 0 Å². The Bertz CT molecular complexity index is 1410. The van der Waals surface area contributed by atoms with E-state index in [1.54, 1.807) is 12.1 Å². The Morgan fingerprint density at radius 1 is 0.639 bits per heavy atom. The van der Waals surface area contributed by atoms with Gasteiger partial charge in [-0.3, -0.25) is 9.36 Å². The van der Waals surface area contributed by atoms with E-state index < -0.39 is 0 Å². The van der Waals surface area contributed by atoms with Crippen molar-refractivity contribution in [3.05, 3.63) is 93.1 Å². The molecule has 5 rings (SSSR count). The second kappa shape index (κ2) is 10.6. The van der Waals surface area contributed by atoms with Crippen LogP contribution in [0.15, 0.2) is 82.0 Å². The minimum absolute atomic E-state index is 0.229. The van der Waals surface area contributed by atoms with Gasteiger partial charge in [0.15, 0.2) is 0 Å². The molecule has 0 saturated carbocycles. The molecule has 8 nitrogen and oxygen atoms in total. The normalized spacial score (nSPS) is 11.2. The van der Waals surface area contributed by atoms with Gasteiger partial charge in [-0.2, -0.15) is 0 Å². The van der Waals surface area contributed by atoms with Crippen LogP contribution in [0.25, 0.3) is 22.5 Å². The molecule has 0 fully saturated rings. The van der Waals surface area contributed by atoms with E-state index in [0.29, 0.717) is 22.0 Å². The Labute approximate surface area is 224 Å². The van der Waals surface area contributed by atoms with E-state index in [-0.39, 0.29) is 11.5 Å². The van der Waals surface area contributed by atoms with E-state index in [0.717, 1.165) is 46.5 Å². The molecular weight excluding hydrogens is 588 g/mol. The fourth-order valence-electron chi connectivity index (χ4n) is 3.82. The van der Waals surface area contributed by atoms with Crippen molar-refractivity contribution in [1.82, 2.24) is 30.0 Å². The monoisotopic (exact) mass is 608 g/mol. The topological polar surface area (TPSA) is 102 Å². The first-order chi connectivity index (χ1) is 17.4. The van der Waals surface area contributed by atoms with Crippen molar-refractivity contribution in [2.45, 2.75) is 25.9 Å². The zero-order chi connectivity index (χ0) is 25.1. The van der Waals surface area contributed by atoms with Gasteiger partial charge in [0.1, 0.15) is 22.9 Å². The molecule has 0 aliphatic carbocycles. The van der Waals surface area contributed by atoms with Crippen LogP contribution in [-0.2, 0) is 25.9 Å². The van der Waals surface area contributed by atoms with Crippen LogP contribution < -0.4 is 0 Å². The Balaban J connectivity index is 1.24. The summed E-state index contributed by atoms with van der Waals surface area (Å²) in [6.07, 6.45) is 5.40. The van der Waals surface area contributed by atoms with E-state index in [1.165, 1.54) is 0 Å². The largest absolute Gasteiger partial charge is 0.507 e. The summed E-state index contributed by atoms with van der Waals surface area (Å²) in [6.45, 7) is 1.35. The van der Waals surface area contributed by atoms with E-state index in [4.69, 9.17) is 0 Å². The van der Waals surface area contributed by atoms with Gasteiger partial charge >= 0.3 is 0 Å². The molecule has 0 aliphatic rings. The van der Waals surface area contributed by atoms with Gasteiger partial charge in [-0.1, -0.05) is 40.8 Å². The molecule has 2 heterocycles. The van der Waals surface area contributed by atoms with Gasteiger partial charge < -0.3 is 10.2 Å². The number of phenols is 2. The molecular formula is C26H22Br2N6O2. The molecule has 0 atom stereocenters. The number of aromatic hydroxyl groups is 2. The number of hydrogen-bond donors (Lipinski definition) is 2. The predicted octanol–water partition coefficient (Wildman–Crippen LogP) is 5.63. The summed E-state index contributed by atoms with van der Waals surface area (Å²) < 4.78 is 5.00. The molecule has 0 spiro atoms. The minimum Gasteiger partial charge on any atom is -0.507 e.